The number of rotatable bonds is 6. The highest BCUT2D eigenvalue weighted by Gasteiger charge is 2.20. The lowest BCUT2D eigenvalue weighted by Gasteiger charge is -2.34. The molecule has 7 heteroatoms. The number of piperidine rings is 1. The minimum Gasteiger partial charge on any atom is -0.338 e. The fraction of sp³-hybridized carbons (Fsp3) is 0.786. The number of anilines is 1. The van der Waals surface area contributed by atoms with Gasteiger partial charge in [-0.2, -0.15) is 0 Å². The number of hydrogen-bond donors (Lipinski definition) is 2. The molecule has 1 saturated heterocycles. The first kappa shape index (κ1) is 16.2. The lowest BCUT2D eigenvalue weighted by Crippen LogP contribution is -2.39. The second-order valence-electron chi connectivity index (χ2n) is 6.04. The van der Waals surface area contributed by atoms with E-state index in [9.17, 15) is 4.79 Å². The lowest BCUT2D eigenvalue weighted by atomic mass is 9.92. The van der Waals surface area contributed by atoms with Gasteiger partial charge < -0.3 is 10.2 Å². The molecule has 1 aromatic heterocycles. The van der Waals surface area contributed by atoms with Crippen LogP contribution in [0.25, 0.3) is 0 Å². The van der Waals surface area contributed by atoms with Crippen molar-refractivity contribution in [3.63, 3.8) is 0 Å². The molecule has 118 valence electrons. The number of unbranched alkanes of at least 4 members (excludes halogenated alkanes) is 1. The van der Waals surface area contributed by atoms with Crippen molar-refractivity contribution in [2.45, 2.75) is 33.1 Å². The molecule has 1 aliphatic rings. The van der Waals surface area contributed by atoms with Crippen molar-refractivity contribution in [1.29, 1.82) is 0 Å². The van der Waals surface area contributed by atoms with E-state index in [-0.39, 0.29) is 6.03 Å². The van der Waals surface area contributed by atoms with Gasteiger partial charge in [0.2, 0.25) is 5.13 Å². The minimum atomic E-state index is -0.202. The van der Waals surface area contributed by atoms with E-state index in [1.807, 2.05) is 0 Å². The lowest BCUT2D eigenvalue weighted by molar-refractivity contribution is 0.139. The van der Waals surface area contributed by atoms with Crippen LogP contribution in [-0.4, -0.2) is 47.3 Å². The van der Waals surface area contributed by atoms with Crippen molar-refractivity contribution in [2.75, 3.05) is 31.5 Å². The Labute approximate surface area is 130 Å². The van der Waals surface area contributed by atoms with Crippen LogP contribution in [0.5, 0.6) is 0 Å². The highest BCUT2D eigenvalue weighted by Crippen LogP contribution is 2.20. The van der Waals surface area contributed by atoms with Gasteiger partial charge in [-0.05, 0) is 37.6 Å². The van der Waals surface area contributed by atoms with E-state index in [1.54, 1.807) is 5.51 Å². The van der Waals surface area contributed by atoms with Crippen LogP contribution in [0.2, 0.25) is 0 Å². The summed E-state index contributed by atoms with van der Waals surface area (Å²) in [7, 11) is 0. The van der Waals surface area contributed by atoms with E-state index in [0.717, 1.165) is 31.2 Å². The van der Waals surface area contributed by atoms with E-state index in [2.05, 4.69) is 39.6 Å². The van der Waals surface area contributed by atoms with E-state index in [1.165, 1.54) is 30.8 Å². The summed E-state index contributed by atoms with van der Waals surface area (Å²) in [5.41, 5.74) is 1.59. The number of nitrogens with one attached hydrogen (secondary N) is 2. The summed E-state index contributed by atoms with van der Waals surface area (Å²) >= 11 is 1.31. The Bertz CT molecular complexity index is 415. The van der Waals surface area contributed by atoms with Crippen molar-refractivity contribution in [3.8, 4) is 0 Å². The largest absolute Gasteiger partial charge is 0.338 e. The minimum absolute atomic E-state index is 0.202. The molecule has 2 N–H and O–H groups in total. The molecule has 0 spiro atoms. The molecule has 0 bridgehead atoms. The first-order valence-corrected chi connectivity index (χ1v) is 8.55. The van der Waals surface area contributed by atoms with Gasteiger partial charge in [-0.15, -0.1) is 10.2 Å². The van der Waals surface area contributed by atoms with Crippen LogP contribution in [0.4, 0.5) is 9.93 Å². The maximum Gasteiger partial charge on any atom is 0.321 e. The average molecular weight is 311 g/mol. The van der Waals surface area contributed by atoms with Crippen LogP contribution in [0.15, 0.2) is 5.51 Å². The number of aromatic nitrogens is 2. The van der Waals surface area contributed by atoms with Crippen LogP contribution < -0.4 is 10.6 Å². The Hall–Kier alpha value is -1.21. The van der Waals surface area contributed by atoms with Gasteiger partial charge in [0.15, 0.2) is 0 Å². The third-order valence-corrected chi connectivity index (χ3v) is 4.32. The molecule has 1 aromatic rings. The second-order valence-corrected chi connectivity index (χ2v) is 6.87. The molecule has 0 saturated carbocycles. The van der Waals surface area contributed by atoms with Crippen LogP contribution in [0.1, 0.15) is 33.1 Å². The smallest absolute Gasteiger partial charge is 0.321 e. The quantitative estimate of drug-likeness (QED) is 0.792. The maximum absolute atomic E-state index is 11.6. The average Bonchev–Trinajstić information content (AvgIpc) is 2.90. The summed E-state index contributed by atoms with van der Waals surface area (Å²) < 4.78 is 0. The molecule has 1 aliphatic heterocycles. The van der Waals surface area contributed by atoms with E-state index in [0.29, 0.717) is 11.7 Å². The maximum atomic E-state index is 11.6. The fourth-order valence-electron chi connectivity index (χ4n) is 3.01. The van der Waals surface area contributed by atoms with Gasteiger partial charge in [0.1, 0.15) is 5.51 Å². The number of carbonyl (C=O) groups is 1. The van der Waals surface area contributed by atoms with Crippen LogP contribution in [0, 0.1) is 11.8 Å². The van der Waals surface area contributed by atoms with Gasteiger partial charge in [-0.1, -0.05) is 25.2 Å². The molecule has 2 heterocycles. The highest BCUT2D eigenvalue weighted by molar-refractivity contribution is 7.13. The molecule has 0 aromatic carbocycles. The Morgan fingerprint density at radius 3 is 2.81 bits per heavy atom. The summed E-state index contributed by atoms with van der Waals surface area (Å²) in [6.07, 6.45) is 3.48. The molecular formula is C14H25N5OS. The Kier molecular flexibility index (Phi) is 6.38. The molecule has 2 atom stereocenters. The molecule has 2 amide bonds. The van der Waals surface area contributed by atoms with Gasteiger partial charge in [0.25, 0.3) is 0 Å². The standard InChI is InChI=1S/C14H25N5OS/c1-11-7-12(2)9-19(8-11)6-4-3-5-15-13(20)17-14-18-16-10-21-14/h10-12H,3-9H2,1-2H3,(H2,15,17,18,20)/t11-,12-/m1/s1. The molecule has 21 heavy (non-hydrogen) atoms. The van der Waals surface area contributed by atoms with Crippen LogP contribution >= 0.6 is 11.3 Å². The fourth-order valence-corrected chi connectivity index (χ4v) is 3.45. The zero-order valence-corrected chi connectivity index (χ0v) is 13.7. The topological polar surface area (TPSA) is 70.2 Å². The van der Waals surface area contributed by atoms with Crippen LogP contribution in [0.3, 0.4) is 0 Å². The van der Waals surface area contributed by atoms with E-state index < -0.39 is 0 Å². The van der Waals surface area contributed by atoms with Crippen molar-refractivity contribution in [3.05, 3.63) is 5.51 Å². The third kappa shape index (κ3) is 5.97. The summed E-state index contributed by atoms with van der Waals surface area (Å²) in [4.78, 5) is 14.1. The van der Waals surface area contributed by atoms with Gasteiger partial charge in [0.05, 0.1) is 0 Å². The molecule has 6 nitrogen and oxygen atoms in total. The number of likely N-dealkylation sites (tertiary alicyclic amines) is 1. The second kappa shape index (κ2) is 8.29. The Morgan fingerprint density at radius 2 is 2.14 bits per heavy atom. The molecule has 0 unspecified atom stereocenters. The van der Waals surface area contributed by atoms with Gasteiger partial charge in [-0.25, -0.2) is 4.79 Å². The molecule has 0 radical (unpaired) electrons. The van der Waals surface area contributed by atoms with Crippen molar-refractivity contribution >= 4 is 22.5 Å². The number of amides is 2. The van der Waals surface area contributed by atoms with Crippen LogP contribution in [-0.2, 0) is 0 Å². The monoisotopic (exact) mass is 311 g/mol. The van der Waals surface area contributed by atoms with Gasteiger partial charge in [0, 0.05) is 19.6 Å². The number of urea groups is 1. The van der Waals surface area contributed by atoms with Crippen molar-refractivity contribution in [2.24, 2.45) is 11.8 Å². The highest BCUT2D eigenvalue weighted by atomic mass is 32.1. The van der Waals surface area contributed by atoms with Crippen molar-refractivity contribution < 1.29 is 4.79 Å². The Balaban J connectivity index is 1.52. The summed E-state index contributed by atoms with van der Waals surface area (Å²) in [5.74, 6) is 1.62. The summed E-state index contributed by atoms with van der Waals surface area (Å²) in [6.45, 7) is 8.94. The summed E-state index contributed by atoms with van der Waals surface area (Å²) in [5, 5.41) is 13.5. The number of nitrogens with zero attached hydrogens (tertiary/aromatic N) is 3. The zero-order chi connectivity index (χ0) is 15.1. The predicted octanol–water partition coefficient (Wildman–Crippen LogP) is 2.42. The first-order valence-electron chi connectivity index (χ1n) is 7.67. The number of hydrogen-bond acceptors (Lipinski definition) is 5. The molecular weight excluding hydrogens is 286 g/mol. The van der Waals surface area contributed by atoms with Gasteiger partial charge >= 0.3 is 6.03 Å². The molecule has 2 rings (SSSR count). The predicted molar refractivity (Wildman–Crippen MR) is 85.5 cm³/mol. The Morgan fingerprint density at radius 1 is 1.38 bits per heavy atom. The SMILES string of the molecule is C[C@@H]1C[C@@H](C)CN(CCCCNC(=O)Nc2nncs2)C1. The van der Waals surface area contributed by atoms with Gasteiger partial charge in [-0.3, -0.25) is 5.32 Å². The first-order chi connectivity index (χ1) is 10.1. The normalized spacial score (nSPS) is 23.0. The third-order valence-electron chi connectivity index (χ3n) is 3.71. The molecule has 1 fully saturated rings. The number of carbonyl (C=O) groups excluding carboxylic acids is 1. The van der Waals surface area contributed by atoms with Crippen molar-refractivity contribution in [1.82, 2.24) is 20.4 Å². The zero-order valence-electron chi connectivity index (χ0n) is 12.8. The van der Waals surface area contributed by atoms with E-state index in [4.69, 9.17) is 0 Å². The molecule has 0 aliphatic carbocycles. The van der Waals surface area contributed by atoms with E-state index >= 15 is 0 Å². The summed E-state index contributed by atoms with van der Waals surface area (Å²) in [6, 6.07) is -0.202.